The number of benzene rings is 1. The molecule has 0 aliphatic rings. The summed E-state index contributed by atoms with van der Waals surface area (Å²) in [6.07, 6.45) is 6.23. The molecule has 0 aliphatic carbocycles. The van der Waals surface area contributed by atoms with Crippen molar-refractivity contribution in [2.24, 2.45) is 0 Å². The van der Waals surface area contributed by atoms with Gasteiger partial charge < -0.3 is 5.32 Å². The van der Waals surface area contributed by atoms with Crippen molar-refractivity contribution < 1.29 is 0 Å². The third-order valence-corrected chi connectivity index (χ3v) is 4.14. The SMILES string of the molecule is c1ccc(CCNc2cc(-c3cccnc3)nc(-c3ccccn3)n2)cc1. The highest BCUT2D eigenvalue weighted by Crippen LogP contribution is 2.22. The lowest BCUT2D eigenvalue weighted by molar-refractivity contribution is 1.000. The van der Waals surface area contributed by atoms with E-state index in [1.54, 1.807) is 18.6 Å². The van der Waals surface area contributed by atoms with E-state index in [0.717, 1.165) is 35.7 Å². The number of rotatable bonds is 6. The number of hydrogen-bond donors (Lipinski definition) is 1. The molecule has 0 radical (unpaired) electrons. The lowest BCUT2D eigenvalue weighted by Gasteiger charge is -2.10. The monoisotopic (exact) mass is 353 g/mol. The van der Waals surface area contributed by atoms with E-state index in [-0.39, 0.29) is 0 Å². The summed E-state index contributed by atoms with van der Waals surface area (Å²) < 4.78 is 0. The Kier molecular flexibility index (Phi) is 5.11. The Hall–Kier alpha value is -3.60. The zero-order chi connectivity index (χ0) is 18.3. The van der Waals surface area contributed by atoms with Gasteiger partial charge in [-0.3, -0.25) is 9.97 Å². The summed E-state index contributed by atoms with van der Waals surface area (Å²) >= 11 is 0. The summed E-state index contributed by atoms with van der Waals surface area (Å²) in [5.74, 6) is 1.37. The largest absolute Gasteiger partial charge is 0.370 e. The average molecular weight is 353 g/mol. The summed E-state index contributed by atoms with van der Waals surface area (Å²) in [5, 5.41) is 3.41. The van der Waals surface area contributed by atoms with E-state index in [0.29, 0.717) is 5.82 Å². The lowest BCUT2D eigenvalue weighted by atomic mass is 10.1. The zero-order valence-electron chi connectivity index (χ0n) is 14.8. The smallest absolute Gasteiger partial charge is 0.180 e. The fourth-order valence-corrected chi connectivity index (χ4v) is 2.79. The number of nitrogens with zero attached hydrogens (tertiary/aromatic N) is 4. The molecule has 0 spiro atoms. The fourth-order valence-electron chi connectivity index (χ4n) is 2.79. The van der Waals surface area contributed by atoms with Gasteiger partial charge >= 0.3 is 0 Å². The van der Waals surface area contributed by atoms with Crippen molar-refractivity contribution >= 4 is 5.82 Å². The Morgan fingerprint density at radius 2 is 1.67 bits per heavy atom. The first kappa shape index (κ1) is 16.8. The molecular formula is C22H19N5. The van der Waals surface area contributed by atoms with Gasteiger partial charge in [0.1, 0.15) is 11.5 Å². The van der Waals surface area contributed by atoms with Gasteiger partial charge in [-0.2, -0.15) is 0 Å². The Bertz CT molecular complexity index is 931. The van der Waals surface area contributed by atoms with E-state index >= 15 is 0 Å². The van der Waals surface area contributed by atoms with Gasteiger partial charge in [-0.1, -0.05) is 36.4 Å². The maximum Gasteiger partial charge on any atom is 0.180 e. The number of anilines is 1. The minimum atomic E-state index is 0.596. The second kappa shape index (κ2) is 8.19. The van der Waals surface area contributed by atoms with Crippen molar-refractivity contribution in [2.75, 3.05) is 11.9 Å². The molecule has 5 nitrogen and oxygen atoms in total. The van der Waals surface area contributed by atoms with Crippen LogP contribution in [0.4, 0.5) is 5.82 Å². The first-order chi connectivity index (χ1) is 13.4. The van der Waals surface area contributed by atoms with Crippen LogP contribution in [0.3, 0.4) is 0 Å². The highest BCUT2D eigenvalue weighted by molar-refractivity contribution is 5.65. The van der Waals surface area contributed by atoms with E-state index in [2.05, 4.69) is 49.5 Å². The van der Waals surface area contributed by atoms with Crippen molar-refractivity contribution in [1.29, 1.82) is 0 Å². The molecule has 1 N–H and O–H groups in total. The molecule has 0 saturated heterocycles. The van der Waals surface area contributed by atoms with Crippen LogP contribution in [0.1, 0.15) is 5.56 Å². The lowest BCUT2D eigenvalue weighted by Crippen LogP contribution is -2.08. The predicted molar refractivity (Wildman–Crippen MR) is 107 cm³/mol. The standard InChI is InChI=1S/C22H19N5/c1-2-7-17(8-3-1)11-14-25-21-15-20(18-9-6-12-23-16-18)26-22(27-21)19-10-4-5-13-24-19/h1-10,12-13,15-16H,11,14H2,(H,25,26,27). The van der Waals surface area contributed by atoms with Crippen molar-refractivity contribution in [1.82, 2.24) is 19.9 Å². The van der Waals surface area contributed by atoms with Gasteiger partial charge in [-0.05, 0) is 36.2 Å². The molecule has 0 saturated carbocycles. The summed E-state index contributed by atoms with van der Waals surface area (Å²) in [6.45, 7) is 0.787. The second-order valence-corrected chi connectivity index (χ2v) is 6.08. The van der Waals surface area contributed by atoms with E-state index in [1.165, 1.54) is 5.56 Å². The Morgan fingerprint density at radius 3 is 2.44 bits per heavy atom. The normalized spacial score (nSPS) is 10.5. The van der Waals surface area contributed by atoms with Gasteiger partial charge in [-0.25, -0.2) is 9.97 Å². The highest BCUT2D eigenvalue weighted by Gasteiger charge is 2.09. The van der Waals surface area contributed by atoms with Gasteiger partial charge in [0.15, 0.2) is 5.82 Å². The van der Waals surface area contributed by atoms with Crippen LogP contribution in [0.15, 0.2) is 85.3 Å². The van der Waals surface area contributed by atoms with E-state index in [1.807, 2.05) is 42.5 Å². The Balaban J connectivity index is 1.62. The molecule has 0 atom stereocenters. The van der Waals surface area contributed by atoms with Crippen molar-refractivity contribution in [3.8, 4) is 22.8 Å². The minimum absolute atomic E-state index is 0.596. The zero-order valence-corrected chi connectivity index (χ0v) is 14.8. The van der Waals surface area contributed by atoms with Crippen LogP contribution in [-0.4, -0.2) is 26.5 Å². The van der Waals surface area contributed by atoms with Crippen LogP contribution in [0.2, 0.25) is 0 Å². The minimum Gasteiger partial charge on any atom is -0.370 e. The van der Waals surface area contributed by atoms with Gasteiger partial charge in [0.25, 0.3) is 0 Å². The predicted octanol–water partition coefficient (Wildman–Crippen LogP) is 4.26. The molecule has 0 aliphatic heterocycles. The molecule has 1 aromatic carbocycles. The molecule has 3 heterocycles. The van der Waals surface area contributed by atoms with Crippen LogP contribution in [-0.2, 0) is 6.42 Å². The number of pyridine rings is 2. The average Bonchev–Trinajstić information content (AvgIpc) is 2.76. The molecule has 4 aromatic rings. The van der Waals surface area contributed by atoms with Crippen LogP contribution < -0.4 is 5.32 Å². The van der Waals surface area contributed by atoms with Gasteiger partial charge in [0.2, 0.25) is 0 Å². The first-order valence-electron chi connectivity index (χ1n) is 8.87. The summed E-state index contributed by atoms with van der Waals surface area (Å²) in [5.41, 5.74) is 3.80. The van der Waals surface area contributed by atoms with E-state index in [9.17, 15) is 0 Å². The van der Waals surface area contributed by atoms with Crippen LogP contribution in [0.25, 0.3) is 22.8 Å². The van der Waals surface area contributed by atoms with E-state index in [4.69, 9.17) is 0 Å². The molecule has 0 fully saturated rings. The van der Waals surface area contributed by atoms with Crippen LogP contribution >= 0.6 is 0 Å². The van der Waals surface area contributed by atoms with Gasteiger partial charge in [0.05, 0.1) is 5.69 Å². The first-order valence-corrected chi connectivity index (χ1v) is 8.87. The third-order valence-electron chi connectivity index (χ3n) is 4.14. The number of hydrogen-bond acceptors (Lipinski definition) is 5. The van der Waals surface area contributed by atoms with Crippen molar-refractivity contribution in [2.45, 2.75) is 6.42 Å². The summed E-state index contributed by atoms with van der Waals surface area (Å²) in [7, 11) is 0. The molecule has 0 bridgehead atoms. The quantitative estimate of drug-likeness (QED) is 0.561. The number of aromatic nitrogens is 4. The molecule has 5 heteroatoms. The molecule has 3 aromatic heterocycles. The molecule has 4 rings (SSSR count). The Labute approximate surface area is 158 Å². The molecule has 0 amide bonds. The molecule has 0 unspecified atom stereocenters. The maximum absolute atomic E-state index is 4.69. The topological polar surface area (TPSA) is 63.6 Å². The van der Waals surface area contributed by atoms with Crippen LogP contribution in [0, 0.1) is 0 Å². The Morgan fingerprint density at radius 1 is 0.778 bits per heavy atom. The fraction of sp³-hybridized carbons (Fsp3) is 0.0909. The molecule has 27 heavy (non-hydrogen) atoms. The third kappa shape index (κ3) is 4.33. The maximum atomic E-state index is 4.69. The summed E-state index contributed by atoms with van der Waals surface area (Å²) in [6, 6.07) is 22.0. The van der Waals surface area contributed by atoms with Crippen LogP contribution in [0.5, 0.6) is 0 Å². The molecule has 132 valence electrons. The second-order valence-electron chi connectivity index (χ2n) is 6.08. The highest BCUT2D eigenvalue weighted by atomic mass is 15.0. The van der Waals surface area contributed by atoms with Crippen molar-refractivity contribution in [3.63, 3.8) is 0 Å². The number of nitrogens with one attached hydrogen (secondary N) is 1. The van der Waals surface area contributed by atoms with Crippen molar-refractivity contribution in [3.05, 3.63) is 90.9 Å². The summed E-state index contributed by atoms with van der Waals surface area (Å²) in [4.78, 5) is 17.9. The molecular weight excluding hydrogens is 334 g/mol. The van der Waals surface area contributed by atoms with Gasteiger partial charge in [-0.15, -0.1) is 0 Å². The van der Waals surface area contributed by atoms with Gasteiger partial charge in [0, 0.05) is 36.8 Å². The van der Waals surface area contributed by atoms with E-state index < -0.39 is 0 Å².